The maximum atomic E-state index is 11.8. The third kappa shape index (κ3) is 3.80. The summed E-state index contributed by atoms with van der Waals surface area (Å²) in [4.78, 5) is 13.8. The predicted octanol–water partition coefficient (Wildman–Crippen LogP) is 0.359. The van der Waals surface area contributed by atoms with Gasteiger partial charge in [0.15, 0.2) is 0 Å². The van der Waals surface area contributed by atoms with Gasteiger partial charge in [-0.2, -0.15) is 0 Å². The van der Waals surface area contributed by atoms with Crippen molar-refractivity contribution >= 4 is 5.91 Å². The van der Waals surface area contributed by atoms with Crippen LogP contribution in [0.3, 0.4) is 0 Å². The van der Waals surface area contributed by atoms with E-state index < -0.39 is 0 Å². The third-order valence-electron chi connectivity index (χ3n) is 2.92. The molecule has 0 unspecified atom stereocenters. The first-order valence-corrected chi connectivity index (χ1v) is 5.90. The molecule has 2 N–H and O–H groups in total. The minimum Gasteiger partial charge on any atom is -0.396 e. The van der Waals surface area contributed by atoms with Crippen LogP contribution in [-0.2, 0) is 4.79 Å². The molecule has 0 atom stereocenters. The summed E-state index contributed by atoms with van der Waals surface area (Å²) in [7, 11) is 0. The lowest BCUT2D eigenvalue weighted by molar-refractivity contribution is -0.134. The summed E-state index contributed by atoms with van der Waals surface area (Å²) >= 11 is 0. The van der Waals surface area contributed by atoms with Crippen LogP contribution in [0.2, 0.25) is 0 Å². The predicted molar refractivity (Wildman–Crippen MR) is 59.6 cm³/mol. The van der Waals surface area contributed by atoms with E-state index in [1.165, 1.54) is 6.42 Å². The van der Waals surface area contributed by atoms with Crippen molar-refractivity contribution in [1.82, 2.24) is 10.2 Å². The molecule has 1 amide bonds. The summed E-state index contributed by atoms with van der Waals surface area (Å²) in [5, 5.41) is 11.8. The molecule has 0 aliphatic heterocycles. The Balaban J connectivity index is 2.35. The molecular formula is C11H22N2O2. The Bertz CT molecular complexity index is 193. The smallest absolute Gasteiger partial charge is 0.236 e. The number of rotatable bonds is 7. The van der Waals surface area contributed by atoms with Crippen molar-refractivity contribution in [2.45, 2.75) is 38.6 Å². The summed E-state index contributed by atoms with van der Waals surface area (Å²) in [5.41, 5.74) is 0. The van der Waals surface area contributed by atoms with Crippen molar-refractivity contribution in [3.05, 3.63) is 0 Å². The van der Waals surface area contributed by atoms with Gasteiger partial charge in [-0.3, -0.25) is 4.79 Å². The molecule has 1 saturated carbocycles. The van der Waals surface area contributed by atoms with Gasteiger partial charge in [-0.15, -0.1) is 0 Å². The third-order valence-corrected chi connectivity index (χ3v) is 2.92. The van der Waals surface area contributed by atoms with Crippen LogP contribution in [0.4, 0.5) is 0 Å². The van der Waals surface area contributed by atoms with Crippen LogP contribution < -0.4 is 5.32 Å². The van der Waals surface area contributed by atoms with Crippen molar-refractivity contribution in [1.29, 1.82) is 0 Å². The van der Waals surface area contributed by atoms with Crippen molar-refractivity contribution in [2.24, 2.45) is 0 Å². The Hall–Kier alpha value is -0.610. The second-order valence-corrected chi connectivity index (χ2v) is 4.03. The number of hydrogen-bond donors (Lipinski definition) is 2. The first kappa shape index (κ1) is 12.5. The van der Waals surface area contributed by atoms with E-state index in [0.717, 1.165) is 19.4 Å². The van der Waals surface area contributed by atoms with Crippen molar-refractivity contribution in [3.63, 3.8) is 0 Å². The lowest BCUT2D eigenvalue weighted by Gasteiger charge is -2.37. The van der Waals surface area contributed by atoms with Gasteiger partial charge in [-0.05, 0) is 32.2 Å². The summed E-state index contributed by atoms with van der Waals surface area (Å²) in [6.45, 7) is 4.11. The molecule has 0 radical (unpaired) electrons. The normalized spacial score (nSPS) is 16.1. The molecule has 0 aromatic carbocycles. The molecule has 0 heterocycles. The van der Waals surface area contributed by atoms with Crippen LogP contribution in [0, 0.1) is 0 Å². The number of hydrogen-bond acceptors (Lipinski definition) is 3. The molecule has 88 valence electrons. The van der Waals surface area contributed by atoms with E-state index in [4.69, 9.17) is 5.11 Å². The number of carbonyl (C=O) groups excluding carboxylic acids is 1. The summed E-state index contributed by atoms with van der Waals surface area (Å²) < 4.78 is 0. The fourth-order valence-corrected chi connectivity index (χ4v) is 1.78. The number of aliphatic hydroxyl groups excluding tert-OH is 1. The molecule has 0 saturated heterocycles. The molecule has 0 bridgehead atoms. The van der Waals surface area contributed by atoms with Crippen LogP contribution in [0.15, 0.2) is 0 Å². The molecule has 1 fully saturated rings. The molecule has 1 aliphatic carbocycles. The number of amides is 1. The standard InChI is InChI=1S/C11H22N2O2/c1-2-12-9-11(15)13(7-4-8-14)10-5-3-6-10/h10,12,14H,2-9H2,1H3. The molecule has 0 spiro atoms. The van der Waals surface area contributed by atoms with E-state index in [-0.39, 0.29) is 12.5 Å². The van der Waals surface area contributed by atoms with Gasteiger partial charge in [0, 0.05) is 19.2 Å². The highest BCUT2D eigenvalue weighted by Crippen LogP contribution is 2.24. The number of nitrogens with one attached hydrogen (secondary N) is 1. The Morgan fingerprint density at radius 3 is 2.73 bits per heavy atom. The summed E-state index contributed by atoms with van der Waals surface area (Å²) in [6, 6.07) is 0.433. The van der Waals surface area contributed by atoms with Gasteiger partial charge < -0.3 is 15.3 Å². The number of likely N-dealkylation sites (N-methyl/N-ethyl adjacent to an activating group) is 1. The van der Waals surface area contributed by atoms with E-state index in [9.17, 15) is 4.79 Å². The maximum Gasteiger partial charge on any atom is 0.236 e. The van der Waals surface area contributed by atoms with Crippen molar-refractivity contribution in [3.8, 4) is 0 Å². The Labute approximate surface area is 91.6 Å². The number of carbonyl (C=O) groups is 1. The molecule has 15 heavy (non-hydrogen) atoms. The fourth-order valence-electron chi connectivity index (χ4n) is 1.78. The zero-order chi connectivity index (χ0) is 11.1. The number of nitrogens with zero attached hydrogens (tertiary/aromatic N) is 1. The van der Waals surface area contributed by atoms with Crippen LogP contribution in [0.25, 0.3) is 0 Å². The van der Waals surface area contributed by atoms with Gasteiger partial charge >= 0.3 is 0 Å². The monoisotopic (exact) mass is 214 g/mol. The minimum atomic E-state index is 0.164. The van der Waals surface area contributed by atoms with E-state index in [0.29, 0.717) is 25.6 Å². The SMILES string of the molecule is CCNCC(=O)N(CCCO)C1CCC1. The van der Waals surface area contributed by atoms with Crippen molar-refractivity contribution < 1.29 is 9.90 Å². The van der Waals surface area contributed by atoms with Gasteiger partial charge in [-0.1, -0.05) is 6.92 Å². The molecular weight excluding hydrogens is 192 g/mol. The highest BCUT2D eigenvalue weighted by Gasteiger charge is 2.27. The van der Waals surface area contributed by atoms with Crippen LogP contribution in [-0.4, -0.2) is 48.2 Å². The molecule has 4 nitrogen and oxygen atoms in total. The molecule has 4 heteroatoms. The zero-order valence-electron chi connectivity index (χ0n) is 9.54. The van der Waals surface area contributed by atoms with Gasteiger partial charge in [0.25, 0.3) is 0 Å². The Kier molecular flexibility index (Phi) is 5.65. The lowest BCUT2D eigenvalue weighted by atomic mass is 9.91. The molecule has 0 aromatic rings. The largest absolute Gasteiger partial charge is 0.396 e. The maximum absolute atomic E-state index is 11.8. The van der Waals surface area contributed by atoms with E-state index in [2.05, 4.69) is 5.32 Å². The second-order valence-electron chi connectivity index (χ2n) is 4.03. The van der Waals surface area contributed by atoms with Crippen LogP contribution >= 0.6 is 0 Å². The molecule has 1 aliphatic rings. The van der Waals surface area contributed by atoms with Gasteiger partial charge in [0.1, 0.15) is 0 Å². The van der Waals surface area contributed by atoms with Crippen LogP contribution in [0.1, 0.15) is 32.6 Å². The highest BCUT2D eigenvalue weighted by atomic mass is 16.3. The number of aliphatic hydroxyl groups is 1. The van der Waals surface area contributed by atoms with E-state index in [1.54, 1.807) is 0 Å². The Morgan fingerprint density at radius 2 is 2.27 bits per heavy atom. The Morgan fingerprint density at radius 1 is 1.53 bits per heavy atom. The zero-order valence-corrected chi connectivity index (χ0v) is 9.54. The summed E-state index contributed by atoms with van der Waals surface area (Å²) in [5.74, 6) is 0.176. The van der Waals surface area contributed by atoms with Gasteiger partial charge in [0.05, 0.1) is 6.54 Å². The fraction of sp³-hybridized carbons (Fsp3) is 0.909. The highest BCUT2D eigenvalue weighted by molar-refractivity contribution is 5.78. The first-order chi connectivity index (χ1) is 7.29. The van der Waals surface area contributed by atoms with Crippen molar-refractivity contribution in [2.75, 3.05) is 26.2 Å². The van der Waals surface area contributed by atoms with E-state index >= 15 is 0 Å². The van der Waals surface area contributed by atoms with Gasteiger partial charge in [0.2, 0.25) is 5.91 Å². The summed E-state index contributed by atoms with van der Waals surface area (Å²) in [6.07, 6.45) is 4.18. The lowest BCUT2D eigenvalue weighted by Crippen LogP contribution is -2.48. The van der Waals surface area contributed by atoms with Gasteiger partial charge in [-0.25, -0.2) is 0 Å². The van der Waals surface area contributed by atoms with E-state index in [1.807, 2.05) is 11.8 Å². The minimum absolute atomic E-state index is 0.164. The molecule has 0 aromatic heterocycles. The first-order valence-electron chi connectivity index (χ1n) is 5.90. The topological polar surface area (TPSA) is 52.6 Å². The average molecular weight is 214 g/mol. The van der Waals surface area contributed by atoms with Crippen LogP contribution in [0.5, 0.6) is 0 Å². The average Bonchev–Trinajstić information content (AvgIpc) is 2.17. The second kappa shape index (κ2) is 6.80. The molecule has 1 rings (SSSR count). The quantitative estimate of drug-likeness (QED) is 0.643.